The normalized spacial score (nSPS) is 11.0. The minimum Gasteiger partial charge on any atom is -0.280 e. The number of rotatable bonds is 3. The van der Waals surface area contributed by atoms with Gasteiger partial charge in [0.25, 0.3) is 10.0 Å². The van der Waals surface area contributed by atoms with Gasteiger partial charge in [0.05, 0.1) is 10.5 Å². The van der Waals surface area contributed by atoms with E-state index in [1.54, 1.807) is 18.2 Å². The summed E-state index contributed by atoms with van der Waals surface area (Å²) in [6, 6.07) is 10.0. The third-order valence-electron chi connectivity index (χ3n) is 2.84. The molecule has 0 saturated carbocycles. The topological polar surface area (TPSA) is 70.0 Å². The van der Waals surface area contributed by atoms with Crippen LogP contribution in [-0.2, 0) is 10.0 Å². The van der Waals surface area contributed by atoms with E-state index in [0.29, 0.717) is 5.69 Å². The van der Waals surface area contributed by atoms with Crippen molar-refractivity contribution in [2.24, 2.45) is 0 Å². The molecule has 0 radical (unpaired) electrons. The number of hydrogen-bond acceptors (Lipinski definition) is 3. The fourth-order valence-electron chi connectivity index (χ4n) is 2.00. The SMILES string of the molecule is Cc1cc(C)cc(NS(=O)(=O)c2ccc(F)c(C#N)c2)c1. The highest BCUT2D eigenvalue weighted by Gasteiger charge is 2.16. The van der Waals surface area contributed by atoms with E-state index < -0.39 is 15.8 Å². The minimum absolute atomic E-state index is 0.153. The zero-order valence-corrected chi connectivity index (χ0v) is 12.3. The van der Waals surface area contributed by atoms with Crippen LogP contribution >= 0.6 is 0 Å². The zero-order valence-electron chi connectivity index (χ0n) is 11.5. The molecule has 0 aliphatic carbocycles. The van der Waals surface area contributed by atoms with Gasteiger partial charge in [0, 0.05) is 5.69 Å². The molecule has 0 aliphatic rings. The van der Waals surface area contributed by atoms with Crippen molar-refractivity contribution in [2.75, 3.05) is 4.72 Å². The molecule has 0 amide bonds. The Morgan fingerprint density at radius 1 is 1.10 bits per heavy atom. The fraction of sp³-hybridized carbons (Fsp3) is 0.133. The van der Waals surface area contributed by atoms with Crippen LogP contribution in [0.15, 0.2) is 41.3 Å². The minimum atomic E-state index is -3.86. The Morgan fingerprint density at radius 2 is 1.71 bits per heavy atom. The van der Waals surface area contributed by atoms with Gasteiger partial charge in [-0.3, -0.25) is 4.72 Å². The van der Waals surface area contributed by atoms with E-state index in [-0.39, 0.29) is 10.5 Å². The van der Waals surface area contributed by atoms with Crippen LogP contribution in [0.1, 0.15) is 16.7 Å². The van der Waals surface area contributed by atoms with E-state index in [0.717, 1.165) is 29.3 Å². The van der Waals surface area contributed by atoms with E-state index in [2.05, 4.69) is 4.72 Å². The predicted octanol–water partition coefficient (Wildman–Crippen LogP) is 3.12. The molecule has 2 rings (SSSR count). The van der Waals surface area contributed by atoms with Gasteiger partial charge < -0.3 is 0 Å². The number of nitrogens with one attached hydrogen (secondary N) is 1. The quantitative estimate of drug-likeness (QED) is 0.947. The summed E-state index contributed by atoms with van der Waals surface area (Å²) in [5.41, 5.74) is 1.96. The highest BCUT2D eigenvalue weighted by molar-refractivity contribution is 7.92. The van der Waals surface area contributed by atoms with Crippen molar-refractivity contribution >= 4 is 15.7 Å². The Labute approximate surface area is 122 Å². The molecule has 0 aromatic heterocycles. The fourth-order valence-corrected chi connectivity index (χ4v) is 3.07. The van der Waals surface area contributed by atoms with Crippen LogP contribution in [0.3, 0.4) is 0 Å². The van der Waals surface area contributed by atoms with Gasteiger partial charge in [-0.05, 0) is 55.3 Å². The lowest BCUT2D eigenvalue weighted by atomic mass is 10.1. The molecule has 0 saturated heterocycles. The van der Waals surface area contributed by atoms with Crippen molar-refractivity contribution in [1.29, 1.82) is 5.26 Å². The van der Waals surface area contributed by atoms with Gasteiger partial charge in [-0.1, -0.05) is 6.07 Å². The summed E-state index contributed by atoms with van der Waals surface area (Å²) in [6.45, 7) is 3.72. The summed E-state index contributed by atoms with van der Waals surface area (Å²) in [4.78, 5) is -0.153. The molecule has 2 aromatic rings. The van der Waals surface area contributed by atoms with E-state index in [4.69, 9.17) is 5.26 Å². The lowest BCUT2D eigenvalue weighted by molar-refractivity contribution is 0.599. The number of benzene rings is 2. The third-order valence-corrected chi connectivity index (χ3v) is 4.22. The third kappa shape index (κ3) is 3.38. The summed E-state index contributed by atoms with van der Waals surface area (Å²) in [5.74, 6) is -0.747. The highest BCUT2D eigenvalue weighted by atomic mass is 32.2. The average Bonchev–Trinajstić information content (AvgIpc) is 2.37. The largest absolute Gasteiger partial charge is 0.280 e. The number of nitrogens with zero attached hydrogens (tertiary/aromatic N) is 1. The Hall–Kier alpha value is -2.39. The molecule has 0 spiro atoms. The summed E-state index contributed by atoms with van der Waals surface area (Å²) in [5, 5.41) is 8.77. The van der Waals surface area contributed by atoms with Crippen molar-refractivity contribution in [1.82, 2.24) is 0 Å². The van der Waals surface area contributed by atoms with Crippen LogP contribution in [-0.4, -0.2) is 8.42 Å². The van der Waals surface area contributed by atoms with Crippen LogP contribution in [0.4, 0.5) is 10.1 Å². The van der Waals surface area contributed by atoms with Crippen molar-refractivity contribution in [2.45, 2.75) is 18.7 Å². The van der Waals surface area contributed by atoms with Crippen LogP contribution in [0.5, 0.6) is 0 Å². The second kappa shape index (κ2) is 5.54. The van der Waals surface area contributed by atoms with Gasteiger partial charge in [0.2, 0.25) is 0 Å². The Kier molecular flexibility index (Phi) is 3.96. The molecule has 108 valence electrons. The number of nitriles is 1. The van der Waals surface area contributed by atoms with Crippen LogP contribution in [0, 0.1) is 31.0 Å². The lowest BCUT2D eigenvalue weighted by Gasteiger charge is -2.10. The molecule has 0 fully saturated rings. The Morgan fingerprint density at radius 3 is 2.29 bits per heavy atom. The van der Waals surface area contributed by atoms with Crippen LogP contribution in [0.25, 0.3) is 0 Å². The van der Waals surface area contributed by atoms with Gasteiger partial charge in [-0.25, -0.2) is 12.8 Å². The van der Waals surface area contributed by atoms with E-state index in [1.165, 1.54) is 0 Å². The Bertz CT molecular complexity index is 819. The molecule has 0 unspecified atom stereocenters. The van der Waals surface area contributed by atoms with Crippen molar-refractivity contribution in [3.8, 4) is 6.07 Å². The first-order valence-corrected chi connectivity index (χ1v) is 7.61. The first-order valence-electron chi connectivity index (χ1n) is 6.12. The second-order valence-corrected chi connectivity index (χ2v) is 6.42. The molecule has 21 heavy (non-hydrogen) atoms. The molecule has 4 nitrogen and oxygen atoms in total. The molecular weight excluding hydrogens is 291 g/mol. The first-order chi connectivity index (χ1) is 9.81. The van der Waals surface area contributed by atoms with Crippen molar-refractivity contribution < 1.29 is 12.8 Å². The van der Waals surface area contributed by atoms with E-state index in [9.17, 15) is 12.8 Å². The van der Waals surface area contributed by atoms with Gasteiger partial charge in [-0.15, -0.1) is 0 Å². The monoisotopic (exact) mass is 304 g/mol. The summed E-state index contributed by atoms with van der Waals surface area (Å²) in [7, 11) is -3.86. The number of halogens is 1. The lowest BCUT2D eigenvalue weighted by Crippen LogP contribution is -2.13. The number of hydrogen-bond donors (Lipinski definition) is 1. The van der Waals surface area contributed by atoms with Gasteiger partial charge in [0.1, 0.15) is 11.9 Å². The van der Waals surface area contributed by atoms with Crippen molar-refractivity contribution in [3.05, 3.63) is 58.9 Å². The highest BCUT2D eigenvalue weighted by Crippen LogP contribution is 2.20. The molecule has 0 aliphatic heterocycles. The van der Waals surface area contributed by atoms with Gasteiger partial charge in [0.15, 0.2) is 0 Å². The molecule has 2 aromatic carbocycles. The number of sulfonamides is 1. The number of anilines is 1. The summed E-state index contributed by atoms with van der Waals surface area (Å²) >= 11 is 0. The second-order valence-electron chi connectivity index (χ2n) is 4.74. The maximum Gasteiger partial charge on any atom is 0.261 e. The summed E-state index contributed by atoms with van der Waals surface area (Å²) in [6.07, 6.45) is 0. The van der Waals surface area contributed by atoms with E-state index in [1.807, 2.05) is 19.9 Å². The Balaban J connectivity index is 2.41. The van der Waals surface area contributed by atoms with Crippen LogP contribution < -0.4 is 4.72 Å². The standard InChI is InChI=1S/C15H13FN2O2S/c1-10-5-11(2)7-13(6-10)18-21(19,20)14-3-4-15(16)12(8-14)9-17/h3-8,18H,1-2H3. The maximum atomic E-state index is 13.3. The zero-order chi connectivity index (χ0) is 15.6. The molecular formula is C15H13FN2O2S. The predicted molar refractivity (Wildman–Crippen MR) is 77.8 cm³/mol. The summed E-state index contributed by atoms with van der Waals surface area (Å²) < 4.78 is 40.2. The average molecular weight is 304 g/mol. The number of aryl methyl sites for hydroxylation is 2. The first kappa shape index (κ1) is 15.0. The molecule has 0 heterocycles. The van der Waals surface area contributed by atoms with E-state index >= 15 is 0 Å². The van der Waals surface area contributed by atoms with Crippen molar-refractivity contribution in [3.63, 3.8) is 0 Å². The van der Waals surface area contributed by atoms with Crippen LogP contribution in [0.2, 0.25) is 0 Å². The maximum absolute atomic E-state index is 13.3. The van der Waals surface area contributed by atoms with Gasteiger partial charge >= 0.3 is 0 Å². The molecule has 0 bridgehead atoms. The molecule has 0 atom stereocenters. The van der Waals surface area contributed by atoms with Gasteiger partial charge in [-0.2, -0.15) is 5.26 Å². The molecule has 1 N–H and O–H groups in total. The molecule has 6 heteroatoms. The smallest absolute Gasteiger partial charge is 0.261 e.